The number of benzene rings is 1. The molecule has 100 valence electrons. The van der Waals surface area contributed by atoms with Crippen LogP contribution in [-0.2, 0) is 0 Å². The van der Waals surface area contributed by atoms with E-state index in [1.807, 2.05) is 6.07 Å². The van der Waals surface area contributed by atoms with Crippen LogP contribution < -0.4 is 10.5 Å². The van der Waals surface area contributed by atoms with E-state index >= 15 is 0 Å². The van der Waals surface area contributed by atoms with E-state index in [-0.39, 0.29) is 0 Å². The Morgan fingerprint density at radius 1 is 1.28 bits per heavy atom. The predicted molar refractivity (Wildman–Crippen MR) is 76.0 cm³/mol. The molecule has 1 atom stereocenters. The van der Waals surface area contributed by atoms with Gasteiger partial charge in [-0.15, -0.1) is 0 Å². The quantitative estimate of drug-likeness (QED) is 0.863. The zero-order chi connectivity index (χ0) is 13.0. The highest BCUT2D eigenvalue weighted by Crippen LogP contribution is 2.28. The summed E-state index contributed by atoms with van der Waals surface area (Å²) < 4.78 is 5.87. The van der Waals surface area contributed by atoms with Gasteiger partial charge in [-0.1, -0.05) is 25.0 Å². The van der Waals surface area contributed by atoms with Crippen molar-refractivity contribution in [3.63, 3.8) is 0 Å². The SMILES string of the molecule is Cc1cccc(OCCC(N)C2CCCC2)c1C. The van der Waals surface area contributed by atoms with Crippen molar-refractivity contribution in [3.05, 3.63) is 29.3 Å². The summed E-state index contributed by atoms with van der Waals surface area (Å²) in [5.74, 6) is 1.74. The molecule has 2 nitrogen and oxygen atoms in total. The Morgan fingerprint density at radius 2 is 2.00 bits per heavy atom. The van der Waals surface area contributed by atoms with Gasteiger partial charge in [-0.25, -0.2) is 0 Å². The molecule has 0 heterocycles. The normalized spacial score (nSPS) is 17.9. The molecular formula is C16H25NO. The second kappa shape index (κ2) is 6.24. The molecule has 2 heteroatoms. The van der Waals surface area contributed by atoms with Crippen LogP contribution in [0.5, 0.6) is 5.75 Å². The highest BCUT2D eigenvalue weighted by molar-refractivity contribution is 5.38. The monoisotopic (exact) mass is 247 g/mol. The number of ether oxygens (including phenoxy) is 1. The molecule has 1 unspecified atom stereocenters. The molecule has 2 rings (SSSR count). The number of hydrogen-bond donors (Lipinski definition) is 1. The summed E-state index contributed by atoms with van der Waals surface area (Å²) >= 11 is 0. The van der Waals surface area contributed by atoms with E-state index < -0.39 is 0 Å². The molecule has 1 aliphatic carbocycles. The van der Waals surface area contributed by atoms with Crippen molar-refractivity contribution in [3.8, 4) is 5.75 Å². The molecule has 1 saturated carbocycles. The van der Waals surface area contributed by atoms with Crippen LogP contribution in [0.4, 0.5) is 0 Å². The molecule has 1 aromatic rings. The van der Waals surface area contributed by atoms with Gasteiger partial charge in [-0.2, -0.15) is 0 Å². The maximum atomic E-state index is 6.23. The van der Waals surface area contributed by atoms with Crippen LogP contribution in [0.2, 0.25) is 0 Å². The maximum absolute atomic E-state index is 6.23. The van der Waals surface area contributed by atoms with Gasteiger partial charge in [-0.05, 0) is 56.2 Å². The Labute approximate surface area is 111 Å². The molecule has 0 aromatic heterocycles. The molecule has 0 aliphatic heterocycles. The van der Waals surface area contributed by atoms with Crippen LogP contribution in [-0.4, -0.2) is 12.6 Å². The van der Waals surface area contributed by atoms with E-state index in [9.17, 15) is 0 Å². The zero-order valence-electron chi connectivity index (χ0n) is 11.6. The average Bonchev–Trinajstić information content (AvgIpc) is 2.88. The summed E-state index contributed by atoms with van der Waals surface area (Å²) in [6, 6.07) is 6.53. The second-order valence-electron chi connectivity index (χ2n) is 5.54. The van der Waals surface area contributed by atoms with Crippen molar-refractivity contribution < 1.29 is 4.74 Å². The van der Waals surface area contributed by atoms with Crippen molar-refractivity contribution in [1.82, 2.24) is 0 Å². The number of aryl methyl sites for hydroxylation is 1. The van der Waals surface area contributed by atoms with E-state index in [4.69, 9.17) is 10.5 Å². The molecule has 0 amide bonds. The fourth-order valence-electron chi connectivity index (χ4n) is 2.81. The minimum absolute atomic E-state index is 0.317. The standard InChI is InChI=1S/C16H25NO/c1-12-6-5-9-16(13(12)2)18-11-10-15(17)14-7-3-4-8-14/h5-6,9,14-15H,3-4,7-8,10-11,17H2,1-2H3. The second-order valence-corrected chi connectivity index (χ2v) is 5.54. The minimum atomic E-state index is 0.317. The Balaban J connectivity index is 1.79. The third kappa shape index (κ3) is 3.26. The largest absolute Gasteiger partial charge is 0.493 e. The molecule has 1 aliphatic rings. The van der Waals surface area contributed by atoms with Gasteiger partial charge in [0.25, 0.3) is 0 Å². The zero-order valence-corrected chi connectivity index (χ0v) is 11.6. The van der Waals surface area contributed by atoms with E-state index in [0.717, 1.165) is 24.7 Å². The van der Waals surface area contributed by atoms with Crippen LogP contribution >= 0.6 is 0 Å². The number of nitrogens with two attached hydrogens (primary N) is 1. The lowest BCUT2D eigenvalue weighted by atomic mass is 9.97. The minimum Gasteiger partial charge on any atom is -0.493 e. The van der Waals surface area contributed by atoms with E-state index in [2.05, 4.69) is 26.0 Å². The third-order valence-electron chi connectivity index (χ3n) is 4.27. The fraction of sp³-hybridized carbons (Fsp3) is 0.625. The van der Waals surface area contributed by atoms with Gasteiger partial charge in [0.15, 0.2) is 0 Å². The van der Waals surface area contributed by atoms with Crippen molar-refractivity contribution in [2.75, 3.05) is 6.61 Å². The van der Waals surface area contributed by atoms with Gasteiger partial charge in [0, 0.05) is 6.04 Å². The average molecular weight is 247 g/mol. The molecule has 1 aromatic carbocycles. The third-order valence-corrected chi connectivity index (χ3v) is 4.27. The Morgan fingerprint density at radius 3 is 2.72 bits per heavy atom. The van der Waals surface area contributed by atoms with Crippen LogP contribution in [0.3, 0.4) is 0 Å². The summed E-state index contributed by atoms with van der Waals surface area (Å²) in [5.41, 5.74) is 8.76. The van der Waals surface area contributed by atoms with Crippen LogP contribution in [0, 0.1) is 19.8 Å². The van der Waals surface area contributed by atoms with E-state index in [1.165, 1.54) is 36.8 Å². The van der Waals surface area contributed by atoms with Crippen molar-refractivity contribution in [1.29, 1.82) is 0 Å². The summed E-state index contributed by atoms with van der Waals surface area (Å²) in [5, 5.41) is 0. The van der Waals surface area contributed by atoms with Gasteiger partial charge in [0.05, 0.1) is 6.61 Å². The van der Waals surface area contributed by atoms with Crippen molar-refractivity contribution in [2.45, 2.75) is 52.0 Å². The van der Waals surface area contributed by atoms with E-state index in [0.29, 0.717) is 6.04 Å². The van der Waals surface area contributed by atoms with Crippen LogP contribution in [0.15, 0.2) is 18.2 Å². The summed E-state index contributed by atoms with van der Waals surface area (Å²) in [4.78, 5) is 0. The molecule has 0 radical (unpaired) electrons. The summed E-state index contributed by atoms with van der Waals surface area (Å²) in [7, 11) is 0. The van der Waals surface area contributed by atoms with Gasteiger partial charge in [0.1, 0.15) is 5.75 Å². The predicted octanol–water partition coefficient (Wildman–Crippen LogP) is 3.59. The number of hydrogen-bond acceptors (Lipinski definition) is 2. The Bertz CT molecular complexity index is 383. The lowest BCUT2D eigenvalue weighted by Crippen LogP contribution is -2.30. The van der Waals surface area contributed by atoms with Gasteiger partial charge in [0.2, 0.25) is 0 Å². The Kier molecular flexibility index (Phi) is 4.65. The van der Waals surface area contributed by atoms with Crippen molar-refractivity contribution >= 4 is 0 Å². The van der Waals surface area contributed by atoms with Gasteiger partial charge >= 0.3 is 0 Å². The topological polar surface area (TPSA) is 35.2 Å². The lowest BCUT2D eigenvalue weighted by Gasteiger charge is -2.19. The first kappa shape index (κ1) is 13.4. The summed E-state index contributed by atoms with van der Waals surface area (Å²) in [6.07, 6.45) is 6.31. The molecule has 0 spiro atoms. The molecule has 2 N–H and O–H groups in total. The summed E-state index contributed by atoms with van der Waals surface area (Å²) in [6.45, 7) is 4.97. The molecule has 18 heavy (non-hydrogen) atoms. The first-order valence-corrected chi connectivity index (χ1v) is 7.13. The molecular weight excluding hydrogens is 222 g/mol. The molecule has 0 bridgehead atoms. The van der Waals surface area contributed by atoms with Gasteiger partial charge < -0.3 is 10.5 Å². The molecule has 0 saturated heterocycles. The maximum Gasteiger partial charge on any atom is 0.122 e. The first-order valence-electron chi connectivity index (χ1n) is 7.13. The Hall–Kier alpha value is -1.02. The van der Waals surface area contributed by atoms with E-state index in [1.54, 1.807) is 0 Å². The molecule has 1 fully saturated rings. The van der Waals surface area contributed by atoms with Gasteiger partial charge in [-0.3, -0.25) is 0 Å². The number of rotatable bonds is 5. The van der Waals surface area contributed by atoms with Crippen LogP contribution in [0.1, 0.15) is 43.2 Å². The highest BCUT2D eigenvalue weighted by atomic mass is 16.5. The van der Waals surface area contributed by atoms with Crippen LogP contribution in [0.25, 0.3) is 0 Å². The smallest absolute Gasteiger partial charge is 0.122 e. The first-order chi connectivity index (χ1) is 8.68. The fourth-order valence-corrected chi connectivity index (χ4v) is 2.81. The highest BCUT2D eigenvalue weighted by Gasteiger charge is 2.21. The van der Waals surface area contributed by atoms with Crippen molar-refractivity contribution in [2.24, 2.45) is 11.7 Å². The lowest BCUT2D eigenvalue weighted by molar-refractivity contribution is 0.272.